The summed E-state index contributed by atoms with van der Waals surface area (Å²) >= 11 is 0. The van der Waals surface area contributed by atoms with Crippen LogP contribution in [-0.2, 0) is 6.42 Å². The molecule has 1 unspecified atom stereocenters. The number of pyridine rings is 1. The summed E-state index contributed by atoms with van der Waals surface area (Å²) in [6.07, 6.45) is 6.92. The fraction of sp³-hybridized carbons (Fsp3) is 0.348. The molecular formula is C23H24N4O2. The highest BCUT2D eigenvalue weighted by Crippen LogP contribution is 2.33. The second-order valence-electron chi connectivity index (χ2n) is 8.05. The Balaban J connectivity index is 1.54. The normalized spacial score (nSPS) is 18.9. The van der Waals surface area contributed by atoms with Crippen LogP contribution in [0.3, 0.4) is 0 Å². The van der Waals surface area contributed by atoms with Crippen LogP contribution in [0.5, 0.6) is 0 Å². The van der Waals surface area contributed by atoms with Crippen LogP contribution < -0.4 is 10.2 Å². The average molecular weight is 388 g/mol. The molecule has 3 aromatic rings. The molecule has 0 spiro atoms. The molecule has 1 fully saturated rings. The fourth-order valence-corrected chi connectivity index (χ4v) is 4.66. The number of nitrogens with zero attached hydrogens (tertiary/aromatic N) is 3. The maximum atomic E-state index is 13.5. The lowest BCUT2D eigenvalue weighted by Crippen LogP contribution is -2.37. The van der Waals surface area contributed by atoms with Gasteiger partial charge in [-0.1, -0.05) is 37.1 Å². The van der Waals surface area contributed by atoms with E-state index in [1.54, 1.807) is 15.5 Å². The van der Waals surface area contributed by atoms with E-state index in [-0.39, 0.29) is 29.7 Å². The summed E-state index contributed by atoms with van der Waals surface area (Å²) in [5.41, 5.74) is 3.07. The topological polar surface area (TPSA) is 66.7 Å². The van der Waals surface area contributed by atoms with E-state index in [0.29, 0.717) is 11.2 Å². The highest BCUT2D eigenvalue weighted by atomic mass is 16.2. The van der Waals surface area contributed by atoms with Crippen molar-refractivity contribution in [3.8, 4) is 0 Å². The molecule has 0 radical (unpaired) electrons. The maximum absolute atomic E-state index is 13.5. The van der Waals surface area contributed by atoms with Gasteiger partial charge in [0.05, 0.1) is 5.52 Å². The molecule has 2 aromatic heterocycles. The van der Waals surface area contributed by atoms with Crippen molar-refractivity contribution in [3.05, 3.63) is 65.7 Å². The molecule has 6 heteroatoms. The molecule has 3 heterocycles. The Hall–Kier alpha value is -3.15. The molecule has 1 aliphatic carbocycles. The van der Waals surface area contributed by atoms with E-state index in [4.69, 9.17) is 0 Å². The molecule has 0 saturated heterocycles. The van der Waals surface area contributed by atoms with Gasteiger partial charge in [0.1, 0.15) is 0 Å². The Labute approximate surface area is 169 Å². The van der Waals surface area contributed by atoms with Gasteiger partial charge in [-0.3, -0.25) is 14.0 Å². The monoisotopic (exact) mass is 388 g/mol. The van der Waals surface area contributed by atoms with Crippen LogP contribution in [0.25, 0.3) is 5.52 Å². The Bertz CT molecular complexity index is 1100. The van der Waals surface area contributed by atoms with E-state index in [0.717, 1.165) is 43.4 Å². The van der Waals surface area contributed by atoms with Crippen LogP contribution in [0.1, 0.15) is 59.3 Å². The smallest absolute Gasteiger partial charge is 0.294 e. The molecule has 5 rings (SSSR count). The maximum Gasteiger partial charge on any atom is 0.294 e. The number of hydrogen-bond acceptors (Lipinski definition) is 3. The van der Waals surface area contributed by atoms with Gasteiger partial charge in [0, 0.05) is 24.0 Å². The van der Waals surface area contributed by atoms with Crippen LogP contribution >= 0.6 is 0 Å². The zero-order valence-corrected chi connectivity index (χ0v) is 16.5. The molecular weight excluding hydrogens is 364 g/mol. The molecule has 1 atom stereocenters. The van der Waals surface area contributed by atoms with E-state index in [2.05, 4.69) is 16.4 Å². The van der Waals surface area contributed by atoms with E-state index in [9.17, 15) is 9.59 Å². The number of anilines is 1. The van der Waals surface area contributed by atoms with Gasteiger partial charge in [-0.15, -0.1) is 0 Å². The molecule has 29 heavy (non-hydrogen) atoms. The first-order valence-corrected chi connectivity index (χ1v) is 10.3. The van der Waals surface area contributed by atoms with Crippen LogP contribution in [-0.4, -0.2) is 33.3 Å². The van der Waals surface area contributed by atoms with Crippen molar-refractivity contribution in [2.24, 2.45) is 0 Å². The highest BCUT2D eigenvalue weighted by Gasteiger charge is 2.34. The Morgan fingerprint density at radius 2 is 1.83 bits per heavy atom. The second-order valence-corrected chi connectivity index (χ2v) is 8.05. The third-order valence-electron chi connectivity index (χ3n) is 6.07. The number of rotatable bonds is 3. The molecule has 148 valence electrons. The predicted molar refractivity (Wildman–Crippen MR) is 111 cm³/mol. The van der Waals surface area contributed by atoms with Gasteiger partial charge in [0.2, 0.25) is 5.82 Å². The summed E-state index contributed by atoms with van der Waals surface area (Å²) in [5, 5.41) is 3.09. The number of hydrogen-bond donors (Lipinski definition) is 1. The number of aromatic nitrogens is 2. The number of imidazole rings is 1. The van der Waals surface area contributed by atoms with Gasteiger partial charge < -0.3 is 10.2 Å². The molecule has 1 aromatic carbocycles. The second kappa shape index (κ2) is 7.03. The third-order valence-corrected chi connectivity index (χ3v) is 6.07. The SMILES string of the molecule is CC1Cc2ccccc2N1C(=O)c1nc(C(=O)NC2CCCC2)c2ccccn12. The summed E-state index contributed by atoms with van der Waals surface area (Å²) in [5.74, 6) is -0.0983. The van der Waals surface area contributed by atoms with Crippen molar-refractivity contribution in [2.75, 3.05) is 4.90 Å². The lowest BCUT2D eigenvalue weighted by atomic mass is 10.1. The zero-order valence-electron chi connectivity index (χ0n) is 16.5. The molecule has 2 aliphatic rings. The van der Waals surface area contributed by atoms with Gasteiger partial charge in [-0.2, -0.15) is 0 Å². The molecule has 1 saturated carbocycles. The van der Waals surface area contributed by atoms with Crippen molar-refractivity contribution >= 4 is 23.0 Å². The summed E-state index contributed by atoms with van der Waals surface area (Å²) in [4.78, 5) is 32.8. The lowest BCUT2D eigenvalue weighted by Gasteiger charge is -2.21. The first-order valence-electron chi connectivity index (χ1n) is 10.3. The Kier molecular flexibility index (Phi) is 4.34. The average Bonchev–Trinajstić information content (AvgIpc) is 3.44. The first-order chi connectivity index (χ1) is 14.1. The number of fused-ring (bicyclic) bond motifs is 2. The molecule has 6 nitrogen and oxygen atoms in total. The largest absolute Gasteiger partial charge is 0.348 e. The third kappa shape index (κ3) is 2.99. The number of para-hydroxylation sites is 1. The lowest BCUT2D eigenvalue weighted by molar-refractivity contribution is 0.0935. The minimum absolute atomic E-state index is 0.0479. The van der Waals surface area contributed by atoms with Crippen LogP contribution in [0.15, 0.2) is 48.7 Å². The zero-order chi connectivity index (χ0) is 20.0. The molecule has 0 bridgehead atoms. The molecule has 1 N–H and O–H groups in total. The first kappa shape index (κ1) is 17.9. The van der Waals surface area contributed by atoms with Crippen molar-refractivity contribution in [2.45, 2.75) is 51.1 Å². The molecule has 1 aliphatic heterocycles. The van der Waals surface area contributed by atoms with Crippen molar-refractivity contribution in [1.29, 1.82) is 0 Å². The van der Waals surface area contributed by atoms with Crippen molar-refractivity contribution in [3.63, 3.8) is 0 Å². The van der Waals surface area contributed by atoms with E-state index < -0.39 is 0 Å². The van der Waals surface area contributed by atoms with Gasteiger partial charge in [0.15, 0.2) is 5.69 Å². The van der Waals surface area contributed by atoms with Crippen LogP contribution in [0.4, 0.5) is 5.69 Å². The van der Waals surface area contributed by atoms with E-state index in [1.807, 2.05) is 43.3 Å². The quantitative estimate of drug-likeness (QED) is 0.746. The van der Waals surface area contributed by atoms with Crippen LogP contribution in [0.2, 0.25) is 0 Å². The summed E-state index contributed by atoms with van der Waals surface area (Å²) in [6, 6.07) is 13.8. The Morgan fingerprint density at radius 1 is 1.07 bits per heavy atom. The van der Waals surface area contributed by atoms with Crippen molar-refractivity contribution in [1.82, 2.24) is 14.7 Å². The Morgan fingerprint density at radius 3 is 2.66 bits per heavy atom. The summed E-state index contributed by atoms with van der Waals surface area (Å²) in [7, 11) is 0. The molecule has 2 amide bonds. The van der Waals surface area contributed by atoms with Crippen LogP contribution in [0, 0.1) is 0 Å². The van der Waals surface area contributed by atoms with Gasteiger partial charge in [-0.05, 0) is 49.9 Å². The number of amides is 2. The predicted octanol–water partition coefficient (Wildman–Crippen LogP) is 3.60. The summed E-state index contributed by atoms with van der Waals surface area (Å²) < 4.78 is 1.74. The number of nitrogens with one attached hydrogen (secondary N) is 1. The van der Waals surface area contributed by atoms with Gasteiger partial charge >= 0.3 is 0 Å². The highest BCUT2D eigenvalue weighted by molar-refractivity contribution is 6.08. The number of carbonyl (C=O) groups excluding carboxylic acids is 2. The number of benzene rings is 1. The van der Waals surface area contributed by atoms with Gasteiger partial charge in [-0.25, -0.2) is 4.98 Å². The van der Waals surface area contributed by atoms with Gasteiger partial charge in [0.25, 0.3) is 11.8 Å². The summed E-state index contributed by atoms with van der Waals surface area (Å²) in [6.45, 7) is 2.04. The fourth-order valence-electron chi connectivity index (χ4n) is 4.66. The standard InChI is InChI=1S/C23H24N4O2/c1-15-14-16-8-2-5-11-18(16)27(15)23(29)21-25-20(19-12-6-7-13-26(19)21)22(28)24-17-9-3-4-10-17/h2,5-8,11-13,15,17H,3-4,9-10,14H2,1H3,(H,24,28). The van der Waals surface area contributed by atoms with E-state index >= 15 is 0 Å². The minimum Gasteiger partial charge on any atom is -0.348 e. The number of carbonyl (C=O) groups is 2. The minimum atomic E-state index is -0.200. The van der Waals surface area contributed by atoms with Crippen molar-refractivity contribution < 1.29 is 9.59 Å². The van der Waals surface area contributed by atoms with E-state index in [1.165, 1.54) is 0 Å².